The van der Waals surface area contributed by atoms with Crippen LogP contribution in [-0.2, 0) is 9.47 Å². The van der Waals surface area contributed by atoms with Gasteiger partial charge in [0.05, 0.1) is 30.4 Å². The van der Waals surface area contributed by atoms with Crippen molar-refractivity contribution in [1.82, 2.24) is 9.97 Å². The number of allylic oxidation sites excluding steroid dienone is 1. The van der Waals surface area contributed by atoms with Gasteiger partial charge in [-0.25, -0.2) is 9.98 Å². The SMILES string of the molecule is CCOC1=CCC(C#Cc2c(C)nc(NCCOC)nc2N[C@H]2CC[C@@H](CO)C2)C=N1. The third kappa shape index (κ3) is 6.68. The monoisotopic (exact) mass is 427 g/mol. The van der Waals surface area contributed by atoms with E-state index in [9.17, 15) is 5.11 Å². The Morgan fingerprint density at radius 1 is 1.29 bits per heavy atom. The number of hydrogen-bond acceptors (Lipinski definition) is 8. The van der Waals surface area contributed by atoms with Gasteiger partial charge in [0.15, 0.2) is 0 Å². The van der Waals surface area contributed by atoms with Crippen LogP contribution in [0, 0.1) is 30.6 Å². The maximum Gasteiger partial charge on any atom is 0.225 e. The second-order valence-corrected chi connectivity index (χ2v) is 7.84. The predicted molar refractivity (Wildman–Crippen MR) is 122 cm³/mol. The van der Waals surface area contributed by atoms with Gasteiger partial charge in [-0.15, -0.1) is 0 Å². The maximum absolute atomic E-state index is 9.47. The fraction of sp³-hybridized carbons (Fsp3) is 0.609. The van der Waals surface area contributed by atoms with Crippen LogP contribution in [0.2, 0.25) is 0 Å². The third-order valence-corrected chi connectivity index (χ3v) is 5.42. The van der Waals surface area contributed by atoms with Gasteiger partial charge in [0.1, 0.15) is 5.82 Å². The number of ether oxygens (including phenoxy) is 2. The van der Waals surface area contributed by atoms with Crippen molar-refractivity contribution in [3.05, 3.63) is 23.2 Å². The zero-order valence-electron chi connectivity index (χ0n) is 18.6. The number of anilines is 2. The first-order valence-electron chi connectivity index (χ1n) is 11.0. The van der Waals surface area contributed by atoms with E-state index in [0.29, 0.717) is 37.5 Å². The molecule has 0 spiro atoms. The van der Waals surface area contributed by atoms with E-state index in [1.54, 1.807) is 7.11 Å². The fourth-order valence-electron chi connectivity index (χ4n) is 3.75. The molecule has 0 bridgehead atoms. The van der Waals surface area contributed by atoms with Crippen molar-refractivity contribution in [3.8, 4) is 11.8 Å². The minimum atomic E-state index is 0.0289. The Labute approximate surface area is 184 Å². The summed E-state index contributed by atoms with van der Waals surface area (Å²) in [7, 11) is 1.66. The first-order valence-corrected chi connectivity index (χ1v) is 11.0. The average Bonchev–Trinajstić information content (AvgIpc) is 3.22. The number of rotatable bonds is 9. The van der Waals surface area contributed by atoms with Crippen LogP contribution in [0.3, 0.4) is 0 Å². The summed E-state index contributed by atoms with van der Waals surface area (Å²) in [5.41, 5.74) is 1.62. The highest BCUT2D eigenvalue weighted by atomic mass is 16.5. The second kappa shape index (κ2) is 11.7. The van der Waals surface area contributed by atoms with E-state index >= 15 is 0 Å². The van der Waals surface area contributed by atoms with Gasteiger partial charge in [-0.1, -0.05) is 11.8 Å². The molecule has 1 aromatic rings. The average molecular weight is 428 g/mol. The summed E-state index contributed by atoms with van der Waals surface area (Å²) in [6.07, 6.45) is 7.54. The molecule has 2 heterocycles. The van der Waals surface area contributed by atoms with Crippen molar-refractivity contribution < 1.29 is 14.6 Å². The minimum absolute atomic E-state index is 0.0289. The van der Waals surface area contributed by atoms with Crippen LogP contribution in [0.1, 0.15) is 43.9 Å². The van der Waals surface area contributed by atoms with E-state index < -0.39 is 0 Å². The molecule has 1 aliphatic heterocycles. The largest absolute Gasteiger partial charge is 0.478 e. The summed E-state index contributed by atoms with van der Waals surface area (Å²) >= 11 is 0. The van der Waals surface area contributed by atoms with E-state index in [2.05, 4.69) is 32.5 Å². The number of nitrogens with one attached hydrogen (secondary N) is 2. The Morgan fingerprint density at radius 3 is 2.84 bits per heavy atom. The van der Waals surface area contributed by atoms with Crippen LogP contribution in [-0.4, -0.2) is 60.8 Å². The Bertz CT molecular complexity index is 859. The molecule has 1 aliphatic carbocycles. The first kappa shape index (κ1) is 23.0. The van der Waals surface area contributed by atoms with E-state index in [1.165, 1.54) is 0 Å². The van der Waals surface area contributed by atoms with E-state index in [4.69, 9.17) is 14.5 Å². The quantitative estimate of drug-likeness (QED) is 0.411. The number of methoxy groups -OCH3 is 1. The predicted octanol–water partition coefficient (Wildman–Crippen LogP) is 2.74. The second-order valence-electron chi connectivity index (χ2n) is 7.84. The highest BCUT2D eigenvalue weighted by Crippen LogP contribution is 2.29. The van der Waals surface area contributed by atoms with Crippen molar-refractivity contribution in [3.63, 3.8) is 0 Å². The summed E-state index contributed by atoms with van der Waals surface area (Å²) in [5.74, 6) is 8.92. The van der Waals surface area contributed by atoms with Crippen molar-refractivity contribution in [2.45, 2.75) is 45.6 Å². The molecule has 3 atom stereocenters. The number of aryl methyl sites for hydroxylation is 1. The topological polar surface area (TPSA) is 101 Å². The van der Waals surface area contributed by atoms with Crippen LogP contribution >= 0.6 is 0 Å². The van der Waals surface area contributed by atoms with E-state index in [0.717, 1.165) is 42.8 Å². The molecule has 8 heteroatoms. The highest BCUT2D eigenvalue weighted by molar-refractivity contribution is 5.69. The lowest BCUT2D eigenvalue weighted by molar-refractivity contribution is 0.210. The maximum atomic E-state index is 9.47. The van der Waals surface area contributed by atoms with Gasteiger partial charge >= 0.3 is 0 Å². The molecule has 0 aromatic carbocycles. The van der Waals surface area contributed by atoms with Crippen LogP contribution < -0.4 is 10.6 Å². The normalized spacial score (nSPS) is 22.5. The summed E-state index contributed by atoms with van der Waals surface area (Å²) in [6, 6.07) is 0.270. The number of aliphatic imine (C=N–C) groups is 1. The first-order chi connectivity index (χ1) is 15.1. The van der Waals surface area contributed by atoms with Gasteiger partial charge in [-0.3, -0.25) is 0 Å². The molecule has 168 valence electrons. The van der Waals surface area contributed by atoms with Gasteiger partial charge < -0.3 is 25.2 Å². The zero-order chi connectivity index (χ0) is 22.1. The molecule has 2 aliphatic rings. The van der Waals surface area contributed by atoms with Gasteiger partial charge in [0.25, 0.3) is 0 Å². The summed E-state index contributed by atoms with van der Waals surface area (Å²) < 4.78 is 10.5. The number of aliphatic hydroxyl groups excluding tert-OH is 1. The number of aromatic nitrogens is 2. The Morgan fingerprint density at radius 2 is 2.16 bits per heavy atom. The van der Waals surface area contributed by atoms with Crippen molar-refractivity contribution >= 4 is 18.0 Å². The van der Waals surface area contributed by atoms with E-state index in [-0.39, 0.29) is 18.6 Å². The van der Waals surface area contributed by atoms with Crippen molar-refractivity contribution in [2.75, 3.05) is 44.1 Å². The van der Waals surface area contributed by atoms with Gasteiger partial charge in [0, 0.05) is 32.5 Å². The van der Waals surface area contributed by atoms with Gasteiger partial charge in [-0.2, -0.15) is 4.98 Å². The molecule has 0 saturated heterocycles. The molecule has 0 amide bonds. The van der Waals surface area contributed by atoms with Crippen LogP contribution in [0.5, 0.6) is 0 Å². The molecule has 1 fully saturated rings. The van der Waals surface area contributed by atoms with Crippen LogP contribution in [0.15, 0.2) is 17.0 Å². The zero-order valence-corrected chi connectivity index (χ0v) is 18.6. The minimum Gasteiger partial charge on any atom is -0.478 e. The molecule has 8 nitrogen and oxygen atoms in total. The molecule has 1 saturated carbocycles. The number of nitrogens with zero attached hydrogens (tertiary/aromatic N) is 3. The highest BCUT2D eigenvalue weighted by Gasteiger charge is 2.25. The molecule has 1 unspecified atom stereocenters. The lowest BCUT2D eigenvalue weighted by Crippen LogP contribution is -2.20. The Hall–Kier alpha value is -2.63. The number of aliphatic hydroxyl groups is 1. The molecule has 31 heavy (non-hydrogen) atoms. The summed E-state index contributed by atoms with van der Waals surface area (Å²) in [4.78, 5) is 13.6. The summed E-state index contributed by atoms with van der Waals surface area (Å²) in [5, 5.41) is 16.2. The van der Waals surface area contributed by atoms with Gasteiger partial charge in [0.2, 0.25) is 11.8 Å². The molecule has 3 N–H and O–H groups in total. The number of hydrogen-bond donors (Lipinski definition) is 3. The van der Waals surface area contributed by atoms with Gasteiger partial charge in [-0.05, 0) is 51.5 Å². The molecule has 3 rings (SSSR count). The molecular formula is C23H33N5O3. The summed E-state index contributed by atoms with van der Waals surface area (Å²) in [6.45, 7) is 5.94. The Balaban J connectivity index is 1.79. The van der Waals surface area contributed by atoms with Crippen LogP contribution in [0.25, 0.3) is 0 Å². The van der Waals surface area contributed by atoms with Crippen LogP contribution in [0.4, 0.5) is 11.8 Å². The Kier molecular flexibility index (Phi) is 8.68. The van der Waals surface area contributed by atoms with Crippen molar-refractivity contribution in [2.24, 2.45) is 16.8 Å². The van der Waals surface area contributed by atoms with Crippen molar-refractivity contribution in [1.29, 1.82) is 0 Å². The standard InChI is InChI=1S/C23H33N5O3/c1-4-31-21-10-7-17(14-25-21)6-9-20-16(2)26-23(24-11-12-30-3)28-22(20)27-19-8-5-18(13-19)15-29/h10,14,17-19,29H,4-5,7-8,11-13,15H2,1-3H3,(H2,24,26,27,28)/t17?,18-,19+/m1/s1. The fourth-order valence-corrected chi connectivity index (χ4v) is 3.75. The third-order valence-electron chi connectivity index (χ3n) is 5.42. The lowest BCUT2D eigenvalue weighted by Gasteiger charge is -2.17. The molecule has 1 aromatic heterocycles. The van der Waals surface area contributed by atoms with E-state index in [1.807, 2.05) is 26.1 Å². The smallest absolute Gasteiger partial charge is 0.225 e. The molecular weight excluding hydrogens is 394 g/mol. The molecule has 0 radical (unpaired) electrons. The lowest BCUT2D eigenvalue weighted by atomic mass is 10.0.